The number of nitrogens with zero attached hydrogens (tertiary/aromatic N) is 1. The van der Waals surface area contributed by atoms with Crippen LogP contribution < -0.4 is 4.90 Å². The van der Waals surface area contributed by atoms with Crippen molar-refractivity contribution in [2.45, 2.75) is 38.5 Å². The highest BCUT2D eigenvalue weighted by molar-refractivity contribution is 5.91. The van der Waals surface area contributed by atoms with Crippen molar-refractivity contribution >= 4 is 27.8 Å². The zero-order valence-corrected chi connectivity index (χ0v) is 37.3. The predicted molar refractivity (Wildman–Crippen MR) is 276 cm³/mol. The van der Waals surface area contributed by atoms with Gasteiger partial charge in [0.1, 0.15) is 0 Å². The van der Waals surface area contributed by atoms with Crippen LogP contribution in [0.3, 0.4) is 0 Å². The molecule has 0 atom stereocenters. The second kappa shape index (κ2) is 14.9. The summed E-state index contributed by atoms with van der Waals surface area (Å²) in [5.41, 5.74) is 23.9. The summed E-state index contributed by atoms with van der Waals surface area (Å²) < 4.78 is 0. The lowest BCUT2D eigenvalue weighted by atomic mass is 9.79. The first-order valence-corrected chi connectivity index (χ1v) is 22.9. The van der Waals surface area contributed by atoms with Crippen LogP contribution in [-0.4, -0.2) is 0 Å². The number of hydrogen-bond acceptors (Lipinski definition) is 1. The van der Waals surface area contributed by atoms with Gasteiger partial charge >= 0.3 is 0 Å². The highest BCUT2D eigenvalue weighted by Gasteiger charge is 2.38. The van der Waals surface area contributed by atoms with Crippen molar-refractivity contribution in [2.75, 3.05) is 4.90 Å². The molecule has 0 unspecified atom stereocenters. The molecule has 0 saturated carbocycles. The molecule has 2 aliphatic carbocycles. The molecule has 2 aliphatic rings. The summed E-state index contributed by atoms with van der Waals surface area (Å²) in [4.78, 5) is 2.42. The van der Waals surface area contributed by atoms with E-state index in [1.807, 2.05) is 0 Å². The summed E-state index contributed by atoms with van der Waals surface area (Å²) in [5.74, 6) is 0. The van der Waals surface area contributed by atoms with Crippen molar-refractivity contribution in [2.24, 2.45) is 0 Å². The lowest BCUT2D eigenvalue weighted by Gasteiger charge is -2.29. The summed E-state index contributed by atoms with van der Waals surface area (Å²) in [7, 11) is 0. The molecular formula is C64H49N. The number of rotatable bonds is 7. The Kier molecular flexibility index (Phi) is 8.94. The van der Waals surface area contributed by atoms with Gasteiger partial charge in [0, 0.05) is 27.9 Å². The minimum Gasteiger partial charge on any atom is -0.310 e. The SMILES string of the molecule is CC1(C)c2ccccc2-c2ccc(N(c3ccc(-c4ccc(-c5cccc(-c6ccc7ccccc7c6)c5)cc4)cc3)c3ccc(-c4cccc5c4C(C)(C)c4ccccc4-5)cc3)cc21. The summed E-state index contributed by atoms with van der Waals surface area (Å²) >= 11 is 0. The molecule has 0 fully saturated rings. The molecule has 0 aromatic heterocycles. The van der Waals surface area contributed by atoms with Crippen molar-refractivity contribution in [3.63, 3.8) is 0 Å². The van der Waals surface area contributed by atoms with E-state index < -0.39 is 0 Å². The van der Waals surface area contributed by atoms with E-state index in [1.54, 1.807) is 0 Å². The Morgan fingerprint density at radius 1 is 0.262 bits per heavy atom. The van der Waals surface area contributed by atoms with E-state index in [-0.39, 0.29) is 10.8 Å². The van der Waals surface area contributed by atoms with E-state index >= 15 is 0 Å². The first kappa shape index (κ1) is 38.9. The van der Waals surface area contributed by atoms with Crippen molar-refractivity contribution in [1.29, 1.82) is 0 Å². The van der Waals surface area contributed by atoms with E-state index in [9.17, 15) is 0 Å². The average molecular weight is 832 g/mol. The Hall–Kier alpha value is -7.74. The molecule has 10 aromatic rings. The largest absolute Gasteiger partial charge is 0.310 e. The average Bonchev–Trinajstić information content (AvgIpc) is 3.74. The molecule has 310 valence electrons. The Morgan fingerprint density at radius 3 is 1.40 bits per heavy atom. The lowest BCUT2D eigenvalue weighted by Crippen LogP contribution is -2.16. The third kappa shape index (κ3) is 6.37. The molecule has 0 amide bonds. The Morgan fingerprint density at radius 2 is 0.708 bits per heavy atom. The van der Waals surface area contributed by atoms with E-state index in [1.165, 1.54) is 99.8 Å². The minimum absolute atomic E-state index is 0.0897. The first-order chi connectivity index (χ1) is 31.7. The van der Waals surface area contributed by atoms with Gasteiger partial charge in [-0.3, -0.25) is 0 Å². The van der Waals surface area contributed by atoms with Gasteiger partial charge in [-0.15, -0.1) is 0 Å². The van der Waals surface area contributed by atoms with E-state index in [0.29, 0.717) is 0 Å². The maximum atomic E-state index is 2.43. The Labute approximate surface area is 383 Å². The van der Waals surface area contributed by atoms with Gasteiger partial charge in [-0.1, -0.05) is 204 Å². The molecule has 0 N–H and O–H groups in total. The van der Waals surface area contributed by atoms with Crippen LogP contribution in [0.4, 0.5) is 17.1 Å². The zero-order chi connectivity index (χ0) is 43.9. The lowest BCUT2D eigenvalue weighted by molar-refractivity contribution is 0.660. The molecule has 0 radical (unpaired) electrons. The van der Waals surface area contributed by atoms with Crippen molar-refractivity contribution in [1.82, 2.24) is 0 Å². The maximum Gasteiger partial charge on any atom is 0.0465 e. The molecule has 0 heterocycles. The fourth-order valence-corrected chi connectivity index (χ4v) is 11.1. The molecule has 0 saturated heterocycles. The predicted octanol–water partition coefficient (Wildman–Crippen LogP) is 17.6. The van der Waals surface area contributed by atoms with E-state index in [4.69, 9.17) is 0 Å². The monoisotopic (exact) mass is 831 g/mol. The first-order valence-electron chi connectivity index (χ1n) is 22.9. The molecule has 10 aromatic carbocycles. The standard InChI is InChI=1S/C64H49N/c1-63(2)59-21-9-7-17-55(59)57-38-37-53(41-61(57)63)65(52-35-31-46(32-36-52)54-19-12-20-58-56-18-8-10-22-60(56)64(3,4)62(54)58)51-33-29-44(30-34-51)43-23-25-45(26-24-43)48-15-11-16-49(39-48)50-28-27-42-13-5-6-14-47(42)40-50/h5-41H,1-4H3. The van der Waals surface area contributed by atoms with Crippen LogP contribution in [0, 0.1) is 0 Å². The fourth-order valence-electron chi connectivity index (χ4n) is 11.1. The Bertz CT molecular complexity index is 3460. The molecule has 0 spiro atoms. The summed E-state index contributed by atoms with van der Waals surface area (Å²) in [6.07, 6.45) is 0. The van der Waals surface area contributed by atoms with Gasteiger partial charge in [0.05, 0.1) is 0 Å². The van der Waals surface area contributed by atoms with Gasteiger partial charge in [-0.2, -0.15) is 0 Å². The van der Waals surface area contributed by atoms with Crippen LogP contribution in [-0.2, 0) is 10.8 Å². The van der Waals surface area contributed by atoms with Crippen LogP contribution in [0.1, 0.15) is 49.9 Å². The van der Waals surface area contributed by atoms with Crippen LogP contribution in [0.5, 0.6) is 0 Å². The highest BCUT2D eigenvalue weighted by atomic mass is 15.1. The molecule has 1 nitrogen and oxygen atoms in total. The van der Waals surface area contributed by atoms with Crippen LogP contribution in [0.15, 0.2) is 224 Å². The van der Waals surface area contributed by atoms with Gasteiger partial charge < -0.3 is 4.90 Å². The maximum absolute atomic E-state index is 2.43. The third-order valence-electron chi connectivity index (χ3n) is 14.5. The van der Waals surface area contributed by atoms with E-state index in [2.05, 4.69) is 257 Å². The highest BCUT2D eigenvalue weighted by Crippen LogP contribution is 2.53. The second-order valence-corrected chi connectivity index (χ2v) is 18.9. The molecule has 0 aliphatic heterocycles. The summed E-state index contributed by atoms with van der Waals surface area (Å²) in [6.45, 7) is 9.46. The molecule has 65 heavy (non-hydrogen) atoms. The Balaban J connectivity index is 0.886. The normalized spacial score (nSPS) is 13.8. The zero-order valence-electron chi connectivity index (χ0n) is 37.3. The van der Waals surface area contributed by atoms with Crippen molar-refractivity contribution < 1.29 is 0 Å². The summed E-state index contributed by atoms with van der Waals surface area (Å²) in [5, 5.41) is 2.52. The minimum atomic E-state index is -0.108. The van der Waals surface area contributed by atoms with Crippen LogP contribution in [0.2, 0.25) is 0 Å². The van der Waals surface area contributed by atoms with Gasteiger partial charge in [-0.25, -0.2) is 0 Å². The number of hydrogen-bond donors (Lipinski definition) is 0. The topological polar surface area (TPSA) is 3.24 Å². The molecular weight excluding hydrogens is 783 g/mol. The molecule has 1 heteroatoms. The van der Waals surface area contributed by atoms with Gasteiger partial charge in [0.25, 0.3) is 0 Å². The van der Waals surface area contributed by atoms with Crippen LogP contribution in [0.25, 0.3) is 77.5 Å². The van der Waals surface area contributed by atoms with Crippen LogP contribution >= 0.6 is 0 Å². The number of fused-ring (bicyclic) bond motifs is 7. The number of benzene rings is 10. The second-order valence-electron chi connectivity index (χ2n) is 18.9. The molecule has 0 bridgehead atoms. The van der Waals surface area contributed by atoms with E-state index in [0.717, 1.165) is 17.1 Å². The van der Waals surface area contributed by atoms with Gasteiger partial charge in [0.2, 0.25) is 0 Å². The molecule has 12 rings (SSSR count). The fraction of sp³-hybridized carbons (Fsp3) is 0.0938. The third-order valence-corrected chi connectivity index (χ3v) is 14.5. The number of anilines is 3. The van der Waals surface area contributed by atoms with Crippen molar-refractivity contribution in [3.05, 3.63) is 247 Å². The van der Waals surface area contributed by atoms with Gasteiger partial charge in [0.15, 0.2) is 0 Å². The smallest absolute Gasteiger partial charge is 0.0465 e. The van der Waals surface area contributed by atoms with Gasteiger partial charge in [-0.05, 0) is 148 Å². The summed E-state index contributed by atoms with van der Waals surface area (Å²) in [6, 6.07) is 83.2. The van der Waals surface area contributed by atoms with Crippen molar-refractivity contribution in [3.8, 4) is 66.8 Å². The quantitative estimate of drug-likeness (QED) is 0.155.